The van der Waals surface area contributed by atoms with E-state index in [4.69, 9.17) is 4.74 Å². The number of hydrogen-bond acceptors (Lipinski definition) is 4. The molecule has 0 amide bonds. The summed E-state index contributed by atoms with van der Waals surface area (Å²) in [6.07, 6.45) is 3.88. The van der Waals surface area contributed by atoms with Gasteiger partial charge in [-0.25, -0.2) is 0 Å². The highest BCUT2D eigenvalue weighted by molar-refractivity contribution is 5.20. The molecule has 4 rings (SSSR count). The molecule has 2 fully saturated rings. The van der Waals surface area contributed by atoms with E-state index < -0.39 is 0 Å². The second-order valence-electron chi connectivity index (χ2n) is 6.43. The summed E-state index contributed by atoms with van der Waals surface area (Å²) in [5.41, 5.74) is 1.38. The summed E-state index contributed by atoms with van der Waals surface area (Å²) in [5, 5.41) is 4.29. The van der Waals surface area contributed by atoms with Gasteiger partial charge in [-0.1, -0.05) is 30.3 Å². The molecule has 2 aliphatic rings. The number of hydrogen-bond donors (Lipinski definition) is 0. The Labute approximate surface area is 137 Å². The molecule has 2 saturated heterocycles. The van der Waals surface area contributed by atoms with E-state index in [0.717, 1.165) is 45.9 Å². The minimum absolute atomic E-state index is 0.406. The molecule has 2 atom stereocenters. The maximum atomic E-state index is 5.92. The number of rotatable bonds is 4. The zero-order valence-electron chi connectivity index (χ0n) is 13.4. The highest BCUT2D eigenvalue weighted by atomic mass is 16.5. The Morgan fingerprint density at radius 1 is 1.04 bits per heavy atom. The first-order valence-electron chi connectivity index (χ1n) is 8.48. The number of nitrogens with zero attached hydrogens (tertiary/aromatic N) is 4. The zero-order valence-corrected chi connectivity index (χ0v) is 13.4. The van der Waals surface area contributed by atoms with Crippen molar-refractivity contribution < 1.29 is 4.74 Å². The van der Waals surface area contributed by atoms with Crippen molar-refractivity contribution in [3.8, 4) is 0 Å². The lowest BCUT2D eigenvalue weighted by Gasteiger charge is -2.48. The number of aromatic nitrogens is 2. The van der Waals surface area contributed by atoms with Gasteiger partial charge in [0.15, 0.2) is 0 Å². The molecule has 1 aromatic carbocycles. The first kappa shape index (κ1) is 14.9. The van der Waals surface area contributed by atoms with Crippen LogP contribution in [0.1, 0.15) is 11.6 Å². The minimum Gasteiger partial charge on any atom is -0.378 e. The van der Waals surface area contributed by atoms with Crippen LogP contribution in [0.3, 0.4) is 0 Å². The van der Waals surface area contributed by atoms with Crippen LogP contribution in [0.2, 0.25) is 0 Å². The Hall–Kier alpha value is -1.69. The van der Waals surface area contributed by atoms with E-state index >= 15 is 0 Å². The van der Waals surface area contributed by atoms with Gasteiger partial charge in [0.25, 0.3) is 0 Å². The van der Waals surface area contributed by atoms with Crippen molar-refractivity contribution in [2.45, 2.75) is 18.6 Å². The van der Waals surface area contributed by atoms with Gasteiger partial charge in [-0.3, -0.25) is 14.5 Å². The van der Waals surface area contributed by atoms with Crippen LogP contribution >= 0.6 is 0 Å². The molecule has 0 unspecified atom stereocenters. The van der Waals surface area contributed by atoms with Gasteiger partial charge in [0.1, 0.15) is 0 Å². The molecule has 122 valence electrons. The standard InChI is InChI=1S/C18H24N4O/c1-2-5-16(6-3-1)18-15-23-14-17-13-20(10-12-22(17)18)9-11-21-8-4-7-19-21/h1-8,17-18H,9-15H2/t17-,18-/m1/s1. The van der Waals surface area contributed by atoms with Crippen LogP contribution < -0.4 is 0 Å². The highest BCUT2D eigenvalue weighted by Gasteiger charge is 2.36. The van der Waals surface area contributed by atoms with Crippen molar-refractivity contribution in [3.05, 3.63) is 54.4 Å². The number of fused-ring (bicyclic) bond motifs is 1. The van der Waals surface area contributed by atoms with Crippen molar-refractivity contribution >= 4 is 0 Å². The van der Waals surface area contributed by atoms with Gasteiger partial charge in [-0.2, -0.15) is 5.10 Å². The van der Waals surface area contributed by atoms with Crippen molar-refractivity contribution in [3.63, 3.8) is 0 Å². The summed E-state index contributed by atoms with van der Waals surface area (Å²) in [6.45, 7) is 7.01. The average Bonchev–Trinajstić information content (AvgIpc) is 3.13. The Bertz CT molecular complexity index is 601. The molecule has 2 aromatic rings. The molecule has 5 nitrogen and oxygen atoms in total. The summed E-state index contributed by atoms with van der Waals surface area (Å²) in [5.74, 6) is 0. The van der Waals surface area contributed by atoms with Crippen molar-refractivity contribution in [1.29, 1.82) is 0 Å². The predicted molar refractivity (Wildman–Crippen MR) is 89.2 cm³/mol. The van der Waals surface area contributed by atoms with Crippen LogP contribution in [-0.2, 0) is 11.3 Å². The number of ether oxygens (including phenoxy) is 1. The smallest absolute Gasteiger partial charge is 0.0664 e. The van der Waals surface area contributed by atoms with E-state index in [1.165, 1.54) is 5.56 Å². The van der Waals surface area contributed by atoms with Crippen LogP contribution in [0.5, 0.6) is 0 Å². The summed E-state index contributed by atoms with van der Waals surface area (Å²) >= 11 is 0. The lowest BCUT2D eigenvalue weighted by Crippen LogP contribution is -2.59. The largest absolute Gasteiger partial charge is 0.378 e. The molecule has 1 aromatic heterocycles. The molecule has 0 radical (unpaired) electrons. The maximum Gasteiger partial charge on any atom is 0.0664 e. The Morgan fingerprint density at radius 2 is 1.96 bits per heavy atom. The van der Waals surface area contributed by atoms with E-state index in [1.54, 1.807) is 0 Å². The third-order valence-electron chi connectivity index (χ3n) is 4.99. The summed E-state index contributed by atoms with van der Waals surface area (Å²) < 4.78 is 7.93. The van der Waals surface area contributed by atoms with Crippen LogP contribution in [0.25, 0.3) is 0 Å². The second-order valence-corrected chi connectivity index (χ2v) is 6.43. The molecular formula is C18H24N4O. The Morgan fingerprint density at radius 3 is 2.78 bits per heavy atom. The van der Waals surface area contributed by atoms with Crippen LogP contribution in [-0.4, -0.2) is 65.0 Å². The second kappa shape index (κ2) is 6.83. The quantitative estimate of drug-likeness (QED) is 0.859. The topological polar surface area (TPSA) is 33.5 Å². The van der Waals surface area contributed by atoms with Gasteiger partial charge in [0.05, 0.1) is 25.8 Å². The van der Waals surface area contributed by atoms with E-state index in [0.29, 0.717) is 12.1 Å². The fourth-order valence-corrected chi connectivity index (χ4v) is 3.75. The highest BCUT2D eigenvalue weighted by Crippen LogP contribution is 2.29. The van der Waals surface area contributed by atoms with E-state index in [2.05, 4.69) is 45.2 Å². The monoisotopic (exact) mass is 312 g/mol. The van der Waals surface area contributed by atoms with Crippen molar-refractivity contribution in [2.24, 2.45) is 0 Å². The fraction of sp³-hybridized carbons (Fsp3) is 0.500. The first-order chi connectivity index (χ1) is 11.4. The van der Waals surface area contributed by atoms with Gasteiger partial charge < -0.3 is 4.74 Å². The third kappa shape index (κ3) is 3.32. The SMILES string of the molecule is c1ccc([C@H]2COC[C@H]3CN(CCn4cccn4)CCN32)cc1. The normalized spacial score (nSPS) is 26.1. The van der Waals surface area contributed by atoms with Crippen molar-refractivity contribution in [2.75, 3.05) is 39.4 Å². The third-order valence-corrected chi connectivity index (χ3v) is 4.99. The van der Waals surface area contributed by atoms with Gasteiger partial charge in [0, 0.05) is 44.6 Å². The lowest BCUT2D eigenvalue weighted by molar-refractivity contribution is -0.0826. The van der Waals surface area contributed by atoms with Gasteiger partial charge in [0.2, 0.25) is 0 Å². The van der Waals surface area contributed by atoms with Gasteiger partial charge >= 0.3 is 0 Å². The Kier molecular flexibility index (Phi) is 4.41. The molecular weight excluding hydrogens is 288 g/mol. The first-order valence-corrected chi connectivity index (χ1v) is 8.48. The molecule has 5 heteroatoms. The maximum absolute atomic E-state index is 5.92. The zero-order chi connectivity index (χ0) is 15.5. The molecule has 0 spiro atoms. The molecule has 2 aliphatic heterocycles. The van der Waals surface area contributed by atoms with Crippen molar-refractivity contribution in [1.82, 2.24) is 19.6 Å². The molecule has 0 N–H and O–H groups in total. The molecule has 3 heterocycles. The number of morpholine rings is 1. The fourth-order valence-electron chi connectivity index (χ4n) is 3.75. The van der Waals surface area contributed by atoms with Crippen LogP contribution in [0.4, 0.5) is 0 Å². The summed E-state index contributed by atoms with van der Waals surface area (Å²) in [6, 6.07) is 13.7. The molecule has 0 saturated carbocycles. The lowest BCUT2D eigenvalue weighted by atomic mass is 10.0. The van der Waals surface area contributed by atoms with E-state index in [1.807, 2.05) is 23.1 Å². The van der Waals surface area contributed by atoms with Gasteiger partial charge in [-0.15, -0.1) is 0 Å². The average molecular weight is 312 g/mol. The van der Waals surface area contributed by atoms with Crippen LogP contribution in [0.15, 0.2) is 48.8 Å². The summed E-state index contributed by atoms with van der Waals surface area (Å²) in [7, 11) is 0. The number of piperazine rings is 1. The molecule has 0 aliphatic carbocycles. The number of benzene rings is 1. The molecule has 23 heavy (non-hydrogen) atoms. The van der Waals surface area contributed by atoms with Crippen LogP contribution in [0, 0.1) is 0 Å². The van der Waals surface area contributed by atoms with Gasteiger partial charge in [-0.05, 0) is 11.6 Å². The predicted octanol–water partition coefficient (Wildman–Crippen LogP) is 1.64. The minimum atomic E-state index is 0.406. The van der Waals surface area contributed by atoms with E-state index in [9.17, 15) is 0 Å². The molecule has 0 bridgehead atoms. The Balaban J connectivity index is 1.38. The van der Waals surface area contributed by atoms with E-state index in [-0.39, 0.29) is 0 Å². The summed E-state index contributed by atoms with van der Waals surface area (Å²) in [4.78, 5) is 5.18.